The number of benzene rings is 3. The highest BCUT2D eigenvalue weighted by atomic mass is 16.5. The number of carbonyl (C=O) groups excluding carboxylic acids is 3. The highest BCUT2D eigenvalue weighted by Gasteiger charge is 2.50. The number of H-pyrrole nitrogens is 2. The van der Waals surface area contributed by atoms with Crippen LogP contribution in [0.3, 0.4) is 0 Å². The van der Waals surface area contributed by atoms with Crippen molar-refractivity contribution < 1.29 is 29.0 Å². The zero-order valence-electron chi connectivity index (χ0n) is 37.5. The lowest BCUT2D eigenvalue weighted by Gasteiger charge is -2.34. The number of nitrogens with zero attached hydrogens (tertiary/aromatic N) is 4. The Bertz CT molecular complexity index is 2420. The van der Waals surface area contributed by atoms with Crippen molar-refractivity contribution in [2.45, 2.75) is 83.9 Å². The summed E-state index contributed by atoms with van der Waals surface area (Å²) < 4.78 is 10.4. The first-order valence-corrected chi connectivity index (χ1v) is 22.3. The van der Waals surface area contributed by atoms with Crippen LogP contribution in [0.1, 0.15) is 76.3 Å². The number of likely N-dealkylation sites (tertiary alicyclic amines) is 1. The van der Waals surface area contributed by atoms with E-state index in [0.29, 0.717) is 48.8 Å². The average molecular weight is 869 g/mol. The van der Waals surface area contributed by atoms with E-state index in [4.69, 9.17) is 14.5 Å². The van der Waals surface area contributed by atoms with Crippen molar-refractivity contribution in [1.82, 2.24) is 40.4 Å². The molecule has 14 heteroatoms. The maximum atomic E-state index is 13.9. The molecule has 8 rings (SSSR count). The van der Waals surface area contributed by atoms with Gasteiger partial charge in [-0.05, 0) is 64.8 Å². The van der Waals surface area contributed by atoms with E-state index in [1.807, 2.05) is 60.2 Å². The summed E-state index contributed by atoms with van der Waals surface area (Å²) in [6, 6.07) is 24.6. The van der Waals surface area contributed by atoms with E-state index in [-0.39, 0.29) is 41.7 Å². The van der Waals surface area contributed by atoms with Gasteiger partial charge in [0.25, 0.3) is 0 Å². The number of methoxy groups -OCH3 is 2. The molecule has 14 nitrogen and oxygen atoms in total. The fourth-order valence-electron chi connectivity index (χ4n) is 9.12. The van der Waals surface area contributed by atoms with Crippen molar-refractivity contribution in [3.63, 3.8) is 0 Å². The quantitative estimate of drug-likeness (QED) is 0.0589. The number of imidazole rings is 2. The van der Waals surface area contributed by atoms with Crippen molar-refractivity contribution in [2.24, 2.45) is 29.6 Å². The number of alkyl carbamates (subject to hydrolysis) is 1. The number of aliphatic hydroxyl groups is 1. The molecule has 5 aromatic rings. The predicted octanol–water partition coefficient (Wildman–Crippen LogP) is 7.61. The van der Waals surface area contributed by atoms with E-state index in [9.17, 15) is 19.5 Å². The molecule has 2 aliphatic carbocycles. The molecule has 2 aromatic heterocycles. The van der Waals surface area contributed by atoms with Crippen LogP contribution in [0, 0.1) is 29.6 Å². The zero-order valence-corrected chi connectivity index (χ0v) is 37.5. The van der Waals surface area contributed by atoms with Crippen molar-refractivity contribution in [2.75, 3.05) is 20.8 Å². The van der Waals surface area contributed by atoms with Crippen LogP contribution in [-0.2, 0) is 25.6 Å². The van der Waals surface area contributed by atoms with E-state index in [0.717, 1.165) is 52.0 Å². The number of aromatic amines is 2. The van der Waals surface area contributed by atoms with Crippen LogP contribution in [-0.4, -0.2) is 91.8 Å². The number of aliphatic hydroxyl groups excluding tert-OH is 1. The molecule has 3 aliphatic rings. The summed E-state index contributed by atoms with van der Waals surface area (Å²) in [6.45, 7) is 13.0. The van der Waals surface area contributed by atoms with Gasteiger partial charge in [-0.3, -0.25) is 14.5 Å². The van der Waals surface area contributed by atoms with Crippen LogP contribution in [0.15, 0.2) is 104 Å². The molecule has 0 spiro atoms. The number of amides is 3. The number of carbonyl (C=O) groups is 3. The molecule has 1 unspecified atom stereocenters. The third-order valence-electron chi connectivity index (χ3n) is 13.5. The average Bonchev–Trinajstić information content (AvgIpc) is 3.98. The molecule has 2 saturated carbocycles. The molecule has 3 aromatic carbocycles. The summed E-state index contributed by atoms with van der Waals surface area (Å²) in [5.74, 6) is 2.35. The molecule has 3 amide bonds. The summed E-state index contributed by atoms with van der Waals surface area (Å²) in [5, 5.41) is 18.0. The normalized spacial score (nSPS) is 22.0. The lowest BCUT2D eigenvalue weighted by atomic mass is 10.0. The van der Waals surface area contributed by atoms with Gasteiger partial charge in [-0.15, -0.1) is 0 Å². The van der Waals surface area contributed by atoms with Gasteiger partial charge in [-0.2, -0.15) is 0 Å². The summed E-state index contributed by atoms with van der Waals surface area (Å²) in [7, 11) is 2.91. The third-order valence-corrected chi connectivity index (χ3v) is 13.5. The summed E-state index contributed by atoms with van der Waals surface area (Å²) in [4.78, 5) is 59.4. The predicted molar refractivity (Wildman–Crippen MR) is 244 cm³/mol. The minimum absolute atomic E-state index is 0.00489. The van der Waals surface area contributed by atoms with Gasteiger partial charge in [-0.1, -0.05) is 113 Å². The van der Waals surface area contributed by atoms with Gasteiger partial charge in [0.2, 0.25) is 11.8 Å². The molecule has 0 bridgehead atoms. The number of hydrogen-bond acceptors (Lipinski definition) is 9. The first kappa shape index (κ1) is 44.4. The molecule has 0 radical (unpaired) electrons. The number of aromatic nitrogens is 4. The smallest absolute Gasteiger partial charge is 0.407 e. The van der Waals surface area contributed by atoms with Crippen LogP contribution >= 0.6 is 0 Å². The summed E-state index contributed by atoms with van der Waals surface area (Å²) in [6.07, 6.45) is 4.33. The Morgan fingerprint density at radius 1 is 0.828 bits per heavy atom. The largest absolute Gasteiger partial charge is 0.501 e. The van der Waals surface area contributed by atoms with Crippen LogP contribution < -0.4 is 10.6 Å². The summed E-state index contributed by atoms with van der Waals surface area (Å²) >= 11 is 0. The van der Waals surface area contributed by atoms with Crippen LogP contribution in [0.5, 0.6) is 0 Å². The van der Waals surface area contributed by atoms with Crippen molar-refractivity contribution >= 4 is 17.9 Å². The second-order valence-corrected chi connectivity index (χ2v) is 18.0. The van der Waals surface area contributed by atoms with Gasteiger partial charge in [0.1, 0.15) is 23.9 Å². The van der Waals surface area contributed by atoms with Crippen molar-refractivity contribution in [1.29, 1.82) is 0 Å². The number of hydrogen-bond donors (Lipinski definition) is 5. The van der Waals surface area contributed by atoms with Gasteiger partial charge in [0.05, 0.1) is 62.4 Å². The van der Waals surface area contributed by atoms with Gasteiger partial charge in [0.15, 0.2) is 0 Å². The van der Waals surface area contributed by atoms with Crippen LogP contribution in [0.2, 0.25) is 0 Å². The molecule has 3 heterocycles. The lowest BCUT2D eigenvalue weighted by molar-refractivity contribution is -0.136. The van der Waals surface area contributed by atoms with E-state index in [2.05, 4.69) is 94.5 Å². The van der Waals surface area contributed by atoms with Gasteiger partial charge < -0.3 is 40.1 Å². The van der Waals surface area contributed by atoms with Gasteiger partial charge in [0, 0.05) is 24.4 Å². The second kappa shape index (κ2) is 18.8. The van der Waals surface area contributed by atoms with E-state index in [1.165, 1.54) is 7.11 Å². The third kappa shape index (κ3) is 9.48. The molecule has 64 heavy (non-hydrogen) atoms. The second-order valence-electron chi connectivity index (χ2n) is 18.0. The molecule has 8 atom stereocenters. The van der Waals surface area contributed by atoms with E-state index in [1.54, 1.807) is 13.3 Å². The number of nitrogens with one attached hydrogen (secondary N) is 4. The molecule has 1 saturated heterocycles. The Labute approximate surface area is 374 Å². The zero-order chi connectivity index (χ0) is 45.2. The lowest BCUT2D eigenvalue weighted by Crippen LogP contribution is -2.52. The highest BCUT2D eigenvalue weighted by molar-refractivity contribution is 5.86. The Morgan fingerprint density at radius 2 is 1.42 bits per heavy atom. The maximum absolute atomic E-state index is 13.9. The van der Waals surface area contributed by atoms with Crippen LogP contribution in [0.4, 0.5) is 4.79 Å². The topological polar surface area (TPSA) is 178 Å². The fourth-order valence-corrected chi connectivity index (χ4v) is 9.12. The Morgan fingerprint density at radius 3 is 1.98 bits per heavy atom. The minimum atomic E-state index is -1.03. The molecular weight excluding hydrogens is 809 g/mol. The van der Waals surface area contributed by atoms with Gasteiger partial charge >= 0.3 is 6.09 Å². The molecule has 1 aliphatic heterocycles. The fraction of sp³-hybridized carbons (Fsp3) is 0.420. The Balaban J connectivity index is 0.952. The monoisotopic (exact) mass is 868 g/mol. The van der Waals surface area contributed by atoms with Gasteiger partial charge in [-0.25, -0.2) is 14.8 Å². The van der Waals surface area contributed by atoms with Crippen molar-refractivity contribution in [3.05, 3.63) is 121 Å². The van der Waals surface area contributed by atoms with Crippen molar-refractivity contribution in [3.8, 4) is 33.6 Å². The molecular formula is C50H60N8O6. The first-order chi connectivity index (χ1) is 30.8. The highest BCUT2D eigenvalue weighted by Crippen LogP contribution is 2.44. The number of ether oxygens (including phenoxy) is 2. The molecule has 336 valence electrons. The Hall–Kier alpha value is -6.25. The first-order valence-electron chi connectivity index (χ1n) is 22.3. The molecule has 5 N–H and O–H groups in total. The standard InChI is InChI=1S/C50H60N8O6/c1-28(2)43(56-50(62)64-7)48(60)58(45-29(3)30(45)4)27-42-51-24-39(53-42)34-17-13-32(14-18-34)33-15-19-35(20-16-33)40-25-52-46(54-40)41-23-38(31(5)63-6)26-57(41)49(61)44(36-11-9-8-10-12-36)55-47(59)37-21-22-37/h8-20,24-25,28-30,37-38,41,43-45,49,61H,5,21-23,26-27H2,1-4,6-7H3,(H,51,53)(H,52,54)(H,55,59)(H,56,62)/t29-,30+,38-,41-,43-,44+,45+,49?/m0/s1. The Kier molecular flexibility index (Phi) is 13.1. The summed E-state index contributed by atoms with van der Waals surface area (Å²) in [5.41, 5.74) is 6.55. The van der Waals surface area contributed by atoms with Crippen LogP contribution in [0.25, 0.3) is 33.6 Å². The maximum Gasteiger partial charge on any atom is 0.407 e. The number of rotatable bonds is 17. The minimum Gasteiger partial charge on any atom is -0.501 e. The van der Waals surface area contributed by atoms with E-state index >= 15 is 0 Å². The molecule has 3 fully saturated rings. The SMILES string of the molecule is C=C(OC)[C@H]1C[C@@H](c2ncc(-c3ccc(-c4ccc(-c5cnc(CN(C(=O)[C@@H](NC(=O)OC)C(C)C)[C@H]6[C@H](C)[C@@H]6C)[nH]5)cc4)cc3)[nH]2)N(C(O)[C@H](NC(=O)C2CC2)c2ccccc2)C1. The van der Waals surface area contributed by atoms with E-state index < -0.39 is 24.4 Å².